The number of nitrogens with zero attached hydrogens (tertiary/aromatic N) is 1. The van der Waals surface area contributed by atoms with Crippen molar-refractivity contribution >= 4 is 38.7 Å². The van der Waals surface area contributed by atoms with Crippen LogP contribution in [-0.4, -0.2) is 18.0 Å². The number of methoxy groups -OCH3 is 1. The zero-order valence-corrected chi connectivity index (χ0v) is 12.8. The number of para-hydroxylation sites is 1. The standard InChI is InChI=1S/C17H14N2O2S/c1-21-13-8-5-9-14-16(13)19-17(22-14)18-15(20)11-10-12-6-3-2-4-7-12/h2-11H,1H3,(H,18,19,20)/b11-10+. The van der Waals surface area contributed by atoms with Gasteiger partial charge in [0.2, 0.25) is 5.91 Å². The van der Waals surface area contributed by atoms with Gasteiger partial charge in [0.05, 0.1) is 11.8 Å². The lowest BCUT2D eigenvalue weighted by Crippen LogP contribution is -2.07. The summed E-state index contributed by atoms with van der Waals surface area (Å²) in [5.74, 6) is 0.496. The molecule has 3 aromatic rings. The predicted octanol–water partition coefficient (Wildman–Crippen LogP) is 3.96. The second-order valence-corrected chi connectivity index (χ2v) is 5.59. The maximum Gasteiger partial charge on any atom is 0.250 e. The Morgan fingerprint density at radius 2 is 2.00 bits per heavy atom. The summed E-state index contributed by atoms with van der Waals surface area (Å²) in [4.78, 5) is 16.4. The number of rotatable bonds is 4. The third-order valence-electron chi connectivity index (χ3n) is 3.06. The second-order valence-electron chi connectivity index (χ2n) is 4.56. The van der Waals surface area contributed by atoms with Gasteiger partial charge in [-0.1, -0.05) is 47.7 Å². The van der Waals surface area contributed by atoms with Crippen molar-refractivity contribution in [3.8, 4) is 5.75 Å². The van der Waals surface area contributed by atoms with Gasteiger partial charge in [-0.25, -0.2) is 4.98 Å². The molecule has 0 fully saturated rings. The summed E-state index contributed by atoms with van der Waals surface area (Å²) in [6.07, 6.45) is 3.27. The first-order valence-corrected chi connectivity index (χ1v) is 7.55. The van der Waals surface area contributed by atoms with Gasteiger partial charge >= 0.3 is 0 Å². The number of amides is 1. The molecule has 0 unspecified atom stereocenters. The Morgan fingerprint density at radius 1 is 1.18 bits per heavy atom. The van der Waals surface area contributed by atoms with E-state index in [0.29, 0.717) is 10.9 Å². The molecular weight excluding hydrogens is 296 g/mol. The van der Waals surface area contributed by atoms with Crippen molar-refractivity contribution in [2.45, 2.75) is 0 Å². The number of nitrogens with one attached hydrogen (secondary N) is 1. The van der Waals surface area contributed by atoms with Crippen LogP contribution in [0.25, 0.3) is 16.3 Å². The third-order valence-corrected chi connectivity index (χ3v) is 3.99. The van der Waals surface area contributed by atoms with Crippen LogP contribution < -0.4 is 10.1 Å². The summed E-state index contributed by atoms with van der Waals surface area (Å²) < 4.78 is 6.24. The Morgan fingerprint density at radius 3 is 2.77 bits per heavy atom. The number of hydrogen-bond acceptors (Lipinski definition) is 4. The van der Waals surface area contributed by atoms with Gasteiger partial charge in [0, 0.05) is 6.08 Å². The number of aromatic nitrogens is 1. The molecule has 4 nitrogen and oxygen atoms in total. The number of benzene rings is 2. The number of fused-ring (bicyclic) bond motifs is 1. The molecule has 0 saturated carbocycles. The lowest BCUT2D eigenvalue weighted by atomic mass is 10.2. The van der Waals surface area contributed by atoms with E-state index in [1.807, 2.05) is 48.5 Å². The highest BCUT2D eigenvalue weighted by molar-refractivity contribution is 7.22. The van der Waals surface area contributed by atoms with E-state index in [9.17, 15) is 4.79 Å². The number of carbonyl (C=O) groups excluding carboxylic acids is 1. The van der Waals surface area contributed by atoms with Crippen LogP contribution >= 0.6 is 11.3 Å². The Hall–Kier alpha value is -2.66. The van der Waals surface area contributed by atoms with Gasteiger partial charge in [-0.3, -0.25) is 10.1 Å². The fraction of sp³-hybridized carbons (Fsp3) is 0.0588. The topological polar surface area (TPSA) is 51.2 Å². The minimum absolute atomic E-state index is 0.207. The molecular formula is C17H14N2O2S. The van der Waals surface area contributed by atoms with Crippen LogP contribution in [0.5, 0.6) is 5.75 Å². The molecule has 0 bridgehead atoms. The first-order valence-electron chi connectivity index (χ1n) is 6.74. The smallest absolute Gasteiger partial charge is 0.250 e. The van der Waals surface area contributed by atoms with Crippen molar-refractivity contribution in [2.24, 2.45) is 0 Å². The second kappa shape index (κ2) is 6.41. The molecule has 1 N–H and O–H groups in total. The van der Waals surface area contributed by atoms with Crippen LogP contribution in [0.15, 0.2) is 54.6 Å². The molecule has 1 aromatic heterocycles. The fourth-order valence-electron chi connectivity index (χ4n) is 2.02. The molecule has 0 aliphatic carbocycles. The maximum absolute atomic E-state index is 12.0. The Balaban J connectivity index is 1.75. The Labute approximate surface area is 132 Å². The molecule has 0 aliphatic heterocycles. The van der Waals surface area contributed by atoms with Crippen molar-refractivity contribution in [3.05, 3.63) is 60.2 Å². The third kappa shape index (κ3) is 3.15. The van der Waals surface area contributed by atoms with E-state index in [-0.39, 0.29) is 5.91 Å². The normalized spacial score (nSPS) is 11.0. The van der Waals surface area contributed by atoms with E-state index in [4.69, 9.17) is 4.74 Å². The van der Waals surface area contributed by atoms with Gasteiger partial charge in [0.15, 0.2) is 5.13 Å². The average molecular weight is 310 g/mol. The minimum atomic E-state index is -0.207. The monoisotopic (exact) mass is 310 g/mol. The zero-order valence-electron chi connectivity index (χ0n) is 11.9. The quantitative estimate of drug-likeness (QED) is 0.742. The largest absolute Gasteiger partial charge is 0.494 e. The molecule has 2 aromatic carbocycles. The first kappa shape index (κ1) is 14.3. The van der Waals surface area contributed by atoms with Gasteiger partial charge in [0.25, 0.3) is 0 Å². The number of anilines is 1. The van der Waals surface area contributed by atoms with Gasteiger partial charge in [-0.2, -0.15) is 0 Å². The van der Waals surface area contributed by atoms with Crippen molar-refractivity contribution in [2.75, 3.05) is 12.4 Å². The molecule has 0 aliphatic rings. The molecule has 0 saturated heterocycles. The lowest BCUT2D eigenvalue weighted by molar-refractivity contribution is -0.111. The van der Waals surface area contributed by atoms with E-state index in [1.165, 1.54) is 17.4 Å². The summed E-state index contributed by atoms with van der Waals surface area (Å²) in [6.45, 7) is 0. The first-order chi connectivity index (χ1) is 10.8. The predicted molar refractivity (Wildman–Crippen MR) is 90.3 cm³/mol. The van der Waals surface area contributed by atoms with Crippen LogP contribution in [0.1, 0.15) is 5.56 Å². The molecule has 0 radical (unpaired) electrons. The SMILES string of the molecule is COc1cccc2sc(NC(=O)/C=C/c3ccccc3)nc12. The molecule has 1 heterocycles. The van der Waals surface area contributed by atoms with Crippen LogP contribution in [-0.2, 0) is 4.79 Å². The molecule has 5 heteroatoms. The summed E-state index contributed by atoms with van der Waals surface area (Å²) in [6, 6.07) is 15.4. The van der Waals surface area contributed by atoms with E-state index < -0.39 is 0 Å². The maximum atomic E-state index is 12.0. The zero-order chi connectivity index (χ0) is 15.4. The lowest BCUT2D eigenvalue weighted by Gasteiger charge is -1.98. The summed E-state index contributed by atoms with van der Waals surface area (Å²) in [7, 11) is 1.61. The fourth-order valence-corrected chi connectivity index (χ4v) is 2.91. The van der Waals surface area contributed by atoms with Gasteiger partial charge < -0.3 is 4.74 Å². The summed E-state index contributed by atoms with van der Waals surface area (Å²) >= 11 is 1.42. The number of carbonyl (C=O) groups is 1. The Bertz CT molecular complexity index is 825. The number of ether oxygens (including phenoxy) is 1. The highest BCUT2D eigenvalue weighted by atomic mass is 32.1. The van der Waals surface area contributed by atoms with E-state index in [1.54, 1.807) is 13.2 Å². The van der Waals surface area contributed by atoms with Crippen molar-refractivity contribution in [1.82, 2.24) is 4.98 Å². The minimum Gasteiger partial charge on any atom is -0.494 e. The van der Waals surface area contributed by atoms with E-state index >= 15 is 0 Å². The van der Waals surface area contributed by atoms with Gasteiger partial charge in [-0.15, -0.1) is 0 Å². The molecule has 1 amide bonds. The van der Waals surface area contributed by atoms with Crippen LogP contribution in [0.4, 0.5) is 5.13 Å². The van der Waals surface area contributed by atoms with E-state index in [2.05, 4.69) is 10.3 Å². The van der Waals surface area contributed by atoms with Crippen molar-refractivity contribution in [1.29, 1.82) is 0 Å². The highest BCUT2D eigenvalue weighted by Crippen LogP contribution is 2.31. The van der Waals surface area contributed by atoms with Crippen molar-refractivity contribution in [3.63, 3.8) is 0 Å². The summed E-state index contributed by atoms with van der Waals surface area (Å²) in [5.41, 5.74) is 1.74. The molecule has 0 spiro atoms. The summed E-state index contributed by atoms with van der Waals surface area (Å²) in [5, 5.41) is 3.34. The van der Waals surface area contributed by atoms with Crippen LogP contribution in [0.2, 0.25) is 0 Å². The molecule has 22 heavy (non-hydrogen) atoms. The molecule has 3 rings (SSSR count). The van der Waals surface area contributed by atoms with Crippen molar-refractivity contribution < 1.29 is 9.53 Å². The molecule has 0 atom stereocenters. The highest BCUT2D eigenvalue weighted by Gasteiger charge is 2.09. The van der Waals surface area contributed by atoms with Crippen LogP contribution in [0.3, 0.4) is 0 Å². The number of hydrogen-bond donors (Lipinski definition) is 1. The van der Waals surface area contributed by atoms with Crippen LogP contribution in [0, 0.1) is 0 Å². The Kier molecular flexibility index (Phi) is 4.16. The average Bonchev–Trinajstić information content (AvgIpc) is 2.96. The number of thiazole rings is 1. The van der Waals surface area contributed by atoms with Gasteiger partial charge in [0.1, 0.15) is 11.3 Å². The van der Waals surface area contributed by atoms with E-state index in [0.717, 1.165) is 15.8 Å². The van der Waals surface area contributed by atoms with Gasteiger partial charge in [-0.05, 0) is 23.8 Å². The molecule has 110 valence electrons.